The number of rotatable bonds is 5. The fraction of sp³-hybridized carbons (Fsp3) is 0.267. The third-order valence-electron chi connectivity index (χ3n) is 2.77. The molecule has 0 bridgehead atoms. The lowest BCUT2D eigenvalue weighted by Gasteiger charge is -2.04. The lowest BCUT2D eigenvalue weighted by atomic mass is 10.1. The van der Waals surface area contributed by atoms with Crippen LogP contribution in [0.4, 0.5) is 0 Å². The van der Waals surface area contributed by atoms with E-state index in [1.165, 1.54) is 0 Å². The molecule has 3 heteroatoms. The Morgan fingerprint density at radius 1 is 1.22 bits per heavy atom. The minimum atomic E-state index is -0.146. The van der Waals surface area contributed by atoms with Gasteiger partial charge in [0.2, 0.25) is 0 Å². The van der Waals surface area contributed by atoms with Crippen LogP contribution in [0.1, 0.15) is 30.3 Å². The first-order chi connectivity index (χ1) is 8.83. The second kappa shape index (κ2) is 6.05. The van der Waals surface area contributed by atoms with Gasteiger partial charge in [0.05, 0.1) is 6.26 Å². The van der Waals surface area contributed by atoms with Gasteiger partial charge in [-0.05, 0) is 18.1 Å². The van der Waals surface area contributed by atoms with E-state index in [0.717, 1.165) is 24.0 Å². The third-order valence-corrected chi connectivity index (χ3v) is 2.77. The zero-order chi connectivity index (χ0) is 12.8. The molecular weight excluding hydrogens is 226 g/mol. The molecular formula is C15H17NO2. The van der Waals surface area contributed by atoms with Gasteiger partial charge in [0, 0.05) is 12.1 Å². The molecule has 3 nitrogen and oxygen atoms in total. The molecule has 1 amide bonds. The van der Waals surface area contributed by atoms with E-state index in [-0.39, 0.29) is 5.91 Å². The Labute approximate surface area is 107 Å². The van der Waals surface area contributed by atoms with Crippen molar-refractivity contribution in [2.45, 2.75) is 19.8 Å². The summed E-state index contributed by atoms with van der Waals surface area (Å²) in [4.78, 5) is 12.0. The van der Waals surface area contributed by atoms with E-state index in [4.69, 9.17) is 4.42 Å². The quantitative estimate of drug-likeness (QED) is 0.817. The van der Waals surface area contributed by atoms with E-state index < -0.39 is 0 Å². The number of unbranched alkanes of at least 4 members (excludes halogenated alkanes) is 1. The fourth-order valence-corrected chi connectivity index (χ4v) is 1.79. The molecule has 0 fully saturated rings. The third kappa shape index (κ3) is 2.80. The molecule has 0 unspecified atom stereocenters. The first-order valence-corrected chi connectivity index (χ1v) is 6.24. The highest BCUT2D eigenvalue weighted by Crippen LogP contribution is 2.24. The van der Waals surface area contributed by atoms with Crippen LogP contribution in [0, 0.1) is 0 Å². The summed E-state index contributed by atoms with van der Waals surface area (Å²) in [5.41, 5.74) is 1.83. The van der Waals surface area contributed by atoms with Crippen molar-refractivity contribution < 1.29 is 9.21 Å². The molecule has 0 aliphatic rings. The van der Waals surface area contributed by atoms with Gasteiger partial charge in [-0.15, -0.1) is 0 Å². The van der Waals surface area contributed by atoms with Crippen LogP contribution in [-0.4, -0.2) is 12.5 Å². The molecule has 1 heterocycles. The van der Waals surface area contributed by atoms with Crippen LogP contribution in [0.5, 0.6) is 0 Å². The number of amides is 1. The maximum atomic E-state index is 12.0. The summed E-state index contributed by atoms with van der Waals surface area (Å²) in [7, 11) is 0. The Morgan fingerprint density at radius 2 is 2.00 bits per heavy atom. The smallest absolute Gasteiger partial charge is 0.287 e. The number of nitrogens with one attached hydrogen (secondary N) is 1. The van der Waals surface area contributed by atoms with Crippen molar-refractivity contribution in [3.8, 4) is 11.1 Å². The second-order valence-corrected chi connectivity index (χ2v) is 4.14. The summed E-state index contributed by atoms with van der Waals surface area (Å²) in [5.74, 6) is 0.240. The lowest BCUT2D eigenvalue weighted by molar-refractivity contribution is 0.0926. The summed E-state index contributed by atoms with van der Waals surface area (Å²) in [6.45, 7) is 2.78. The summed E-state index contributed by atoms with van der Waals surface area (Å²) in [6.07, 6.45) is 3.59. The molecule has 1 aromatic heterocycles. The lowest BCUT2D eigenvalue weighted by Crippen LogP contribution is -2.24. The van der Waals surface area contributed by atoms with Crippen LogP contribution in [0.3, 0.4) is 0 Å². The van der Waals surface area contributed by atoms with Crippen LogP contribution in [0.25, 0.3) is 11.1 Å². The van der Waals surface area contributed by atoms with Crippen molar-refractivity contribution in [3.05, 3.63) is 48.4 Å². The van der Waals surface area contributed by atoms with Gasteiger partial charge in [-0.25, -0.2) is 0 Å². The monoisotopic (exact) mass is 243 g/mol. The van der Waals surface area contributed by atoms with E-state index in [9.17, 15) is 4.79 Å². The maximum Gasteiger partial charge on any atom is 0.287 e. The number of carbonyl (C=O) groups excluding carboxylic acids is 1. The average Bonchev–Trinajstić information content (AvgIpc) is 2.89. The first kappa shape index (κ1) is 12.4. The molecule has 0 atom stereocenters. The number of benzene rings is 1. The topological polar surface area (TPSA) is 42.2 Å². The molecule has 0 spiro atoms. The van der Waals surface area contributed by atoms with Gasteiger partial charge in [0.15, 0.2) is 5.76 Å². The van der Waals surface area contributed by atoms with E-state index in [1.807, 2.05) is 36.4 Å². The Bertz CT molecular complexity index is 502. The standard InChI is InChI=1S/C15H17NO2/c1-2-3-10-16-15(17)14-13(9-11-18-14)12-7-5-4-6-8-12/h4-9,11H,2-3,10H2,1H3,(H,16,17). The molecule has 0 aliphatic heterocycles. The van der Waals surface area contributed by atoms with Crippen molar-refractivity contribution >= 4 is 5.91 Å². The van der Waals surface area contributed by atoms with Crippen molar-refractivity contribution in [3.63, 3.8) is 0 Å². The van der Waals surface area contributed by atoms with Crippen LogP contribution in [-0.2, 0) is 0 Å². The van der Waals surface area contributed by atoms with Crippen molar-refractivity contribution in [1.29, 1.82) is 0 Å². The van der Waals surface area contributed by atoms with Crippen LogP contribution in [0.15, 0.2) is 47.1 Å². The molecule has 0 aliphatic carbocycles. The minimum absolute atomic E-state index is 0.146. The largest absolute Gasteiger partial charge is 0.459 e. The number of carbonyl (C=O) groups is 1. The zero-order valence-electron chi connectivity index (χ0n) is 10.5. The Kier molecular flexibility index (Phi) is 4.18. The Morgan fingerprint density at radius 3 is 2.72 bits per heavy atom. The van der Waals surface area contributed by atoms with E-state index in [2.05, 4.69) is 12.2 Å². The van der Waals surface area contributed by atoms with Gasteiger partial charge in [-0.1, -0.05) is 43.7 Å². The van der Waals surface area contributed by atoms with Crippen molar-refractivity contribution in [2.75, 3.05) is 6.54 Å². The molecule has 0 saturated heterocycles. The van der Waals surface area contributed by atoms with Crippen molar-refractivity contribution in [1.82, 2.24) is 5.32 Å². The van der Waals surface area contributed by atoms with Crippen LogP contribution >= 0.6 is 0 Å². The van der Waals surface area contributed by atoms with Crippen LogP contribution < -0.4 is 5.32 Å². The van der Waals surface area contributed by atoms with Gasteiger partial charge >= 0.3 is 0 Å². The van der Waals surface area contributed by atoms with Crippen molar-refractivity contribution in [2.24, 2.45) is 0 Å². The predicted molar refractivity (Wildman–Crippen MR) is 71.4 cm³/mol. The molecule has 1 N–H and O–H groups in total. The zero-order valence-corrected chi connectivity index (χ0v) is 10.5. The number of furan rings is 1. The predicted octanol–water partition coefficient (Wildman–Crippen LogP) is 3.48. The summed E-state index contributed by atoms with van der Waals surface area (Å²) in [5, 5.41) is 2.86. The average molecular weight is 243 g/mol. The summed E-state index contributed by atoms with van der Waals surface area (Å²) in [6, 6.07) is 11.6. The molecule has 1 aromatic carbocycles. The summed E-state index contributed by atoms with van der Waals surface area (Å²) < 4.78 is 5.30. The van der Waals surface area contributed by atoms with E-state index in [0.29, 0.717) is 12.3 Å². The molecule has 0 radical (unpaired) electrons. The van der Waals surface area contributed by atoms with Crippen LogP contribution in [0.2, 0.25) is 0 Å². The Hall–Kier alpha value is -2.03. The highest BCUT2D eigenvalue weighted by molar-refractivity contribution is 5.98. The van der Waals surface area contributed by atoms with E-state index >= 15 is 0 Å². The summed E-state index contributed by atoms with van der Waals surface area (Å²) >= 11 is 0. The molecule has 0 saturated carbocycles. The fourth-order valence-electron chi connectivity index (χ4n) is 1.79. The Balaban J connectivity index is 2.15. The highest BCUT2D eigenvalue weighted by Gasteiger charge is 2.15. The van der Waals surface area contributed by atoms with E-state index in [1.54, 1.807) is 6.26 Å². The molecule has 2 rings (SSSR count). The van der Waals surface area contributed by atoms with Gasteiger partial charge in [-0.2, -0.15) is 0 Å². The number of hydrogen-bond donors (Lipinski definition) is 1. The highest BCUT2D eigenvalue weighted by atomic mass is 16.3. The van der Waals surface area contributed by atoms with Gasteiger partial charge in [0.1, 0.15) is 0 Å². The van der Waals surface area contributed by atoms with Gasteiger partial charge in [0.25, 0.3) is 5.91 Å². The minimum Gasteiger partial charge on any atom is -0.459 e. The molecule has 18 heavy (non-hydrogen) atoms. The maximum absolute atomic E-state index is 12.0. The molecule has 94 valence electrons. The molecule has 2 aromatic rings. The first-order valence-electron chi connectivity index (χ1n) is 6.24. The normalized spacial score (nSPS) is 10.3. The second-order valence-electron chi connectivity index (χ2n) is 4.14. The van der Waals surface area contributed by atoms with Gasteiger partial charge in [-0.3, -0.25) is 4.79 Å². The van der Waals surface area contributed by atoms with Gasteiger partial charge < -0.3 is 9.73 Å². The SMILES string of the molecule is CCCCNC(=O)c1occc1-c1ccccc1. The number of hydrogen-bond acceptors (Lipinski definition) is 2.